The molecule has 3 aromatic carbocycles. The van der Waals surface area contributed by atoms with Gasteiger partial charge in [-0.2, -0.15) is 15.8 Å². The van der Waals surface area contributed by atoms with Crippen molar-refractivity contribution in [3.8, 4) is 18.2 Å². The summed E-state index contributed by atoms with van der Waals surface area (Å²) in [5.74, 6) is -0.887. The van der Waals surface area contributed by atoms with Crippen LogP contribution in [0.4, 0.5) is 17.1 Å². The third-order valence-electron chi connectivity index (χ3n) is 13.5. The van der Waals surface area contributed by atoms with Crippen molar-refractivity contribution in [2.75, 3.05) is 115 Å². The predicted octanol–water partition coefficient (Wildman–Crippen LogP) is 0.656. The van der Waals surface area contributed by atoms with Crippen LogP contribution in [-0.2, 0) is 42.8 Å². The first kappa shape index (κ1) is 63.2. The van der Waals surface area contributed by atoms with Crippen molar-refractivity contribution in [3.05, 3.63) is 90.3 Å². The van der Waals surface area contributed by atoms with Crippen molar-refractivity contribution < 1.29 is 58.1 Å². The summed E-state index contributed by atoms with van der Waals surface area (Å²) in [6.45, 7) is 9.09. The fraction of sp³-hybridized carbons (Fsp3) is 0.474. The van der Waals surface area contributed by atoms with Gasteiger partial charge in [0, 0.05) is 97.8 Å². The first-order chi connectivity index (χ1) is 40.6. The van der Waals surface area contributed by atoms with E-state index >= 15 is 0 Å². The lowest BCUT2D eigenvalue weighted by molar-refractivity contribution is -0.138. The van der Waals surface area contributed by atoms with Crippen LogP contribution in [0.2, 0.25) is 0 Å². The number of morpholine rings is 3. The Hall–Kier alpha value is -8.40. The second kappa shape index (κ2) is 30.8. The molecule has 6 N–H and O–H groups in total. The highest BCUT2D eigenvalue weighted by Gasteiger charge is 2.35. The van der Waals surface area contributed by atoms with Crippen LogP contribution < -0.4 is 30.7 Å². The summed E-state index contributed by atoms with van der Waals surface area (Å²) in [6.07, 6.45) is 4.44. The summed E-state index contributed by atoms with van der Waals surface area (Å²) in [7, 11) is 4.46. The maximum atomic E-state index is 12.5. The minimum Gasteiger partial charge on any atom is -0.389 e. The number of rotatable bonds is 18. The van der Waals surface area contributed by atoms with Crippen molar-refractivity contribution in [1.29, 1.82) is 15.8 Å². The zero-order valence-electron chi connectivity index (χ0n) is 47.5. The molecular formula is C57H69N15O12. The molecule has 444 valence electrons. The smallest absolute Gasteiger partial charge is 0.251 e. The first-order valence-electron chi connectivity index (χ1n) is 27.1. The molecule has 6 heterocycles. The highest BCUT2D eigenvalue weighted by atomic mass is 16.5. The lowest BCUT2D eigenvalue weighted by Crippen LogP contribution is -2.53. The highest BCUT2D eigenvalue weighted by molar-refractivity contribution is 5.95. The zero-order chi connectivity index (χ0) is 60.3. The highest BCUT2D eigenvalue weighted by Crippen LogP contribution is 2.32. The summed E-state index contributed by atoms with van der Waals surface area (Å²) in [6, 6.07) is 17.0. The number of aliphatic hydroxyl groups is 3. The monoisotopic (exact) mass is 1160 g/mol. The van der Waals surface area contributed by atoms with E-state index in [1.165, 1.54) is 21.3 Å². The van der Waals surface area contributed by atoms with Crippen molar-refractivity contribution in [1.82, 2.24) is 45.9 Å². The van der Waals surface area contributed by atoms with E-state index in [9.17, 15) is 45.5 Å². The van der Waals surface area contributed by atoms with Crippen LogP contribution >= 0.6 is 0 Å². The molecule has 0 aliphatic carbocycles. The molecule has 84 heavy (non-hydrogen) atoms. The number of nitrogens with one attached hydrogen (secondary N) is 3. The number of aromatic nitrogens is 6. The first-order valence-corrected chi connectivity index (χ1v) is 27.1. The molecular weight excluding hydrogens is 1090 g/mol. The van der Waals surface area contributed by atoms with Gasteiger partial charge in [0.2, 0.25) is 0 Å². The van der Waals surface area contributed by atoms with Gasteiger partial charge in [-0.3, -0.25) is 44.3 Å². The van der Waals surface area contributed by atoms with E-state index in [-0.39, 0.29) is 75.5 Å². The van der Waals surface area contributed by atoms with Crippen molar-refractivity contribution in [2.24, 2.45) is 0 Å². The average Bonchev–Trinajstić information content (AvgIpc) is 2.61. The molecule has 3 amide bonds. The summed E-state index contributed by atoms with van der Waals surface area (Å²) in [5.41, 5.74) is 7.21. The van der Waals surface area contributed by atoms with Crippen LogP contribution in [0, 0.1) is 34.0 Å². The van der Waals surface area contributed by atoms with E-state index < -0.39 is 36.6 Å². The molecule has 3 fully saturated rings. The van der Waals surface area contributed by atoms with Gasteiger partial charge in [-0.15, -0.1) is 0 Å². The number of carbonyl (C=O) groups excluding carboxylic acids is 3. The maximum absolute atomic E-state index is 12.5. The molecule has 3 saturated heterocycles. The van der Waals surface area contributed by atoms with Crippen molar-refractivity contribution >= 4 is 67.9 Å². The lowest BCUT2D eigenvalue weighted by Gasteiger charge is -2.37. The number of anilines is 3. The number of methoxy groups -OCH3 is 3. The fourth-order valence-corrected chi connectivity index (χ4v) is 9.79. The van der Waals surface area contributed by atoms with Gasteiger partial charge in [-0.25, -0.2) is 0 Å². The Morgan fingerprint density at radius 2 is 0.726 bits per heavy atom. The van der Waals surface area contributed by atoms with Gasteiger partial charge < -0.3 is 74.4 Å². The number of fused-ring (bicyclic) bond motifs is 3. The van der Waals surface area contributed by atoms with Crippen LogP contribution in [0.15, 0.2) is 73.6 Å². The van der Waals surface area contributed by atoms with Crippen LogP contribution in [0.25, 0.3) is 33.1 Å². The minimum atomic E-state index is -0.774. The van der Waals surface area contributed by atoms with Gasteiger partial charge in [0.1, 0.15) is 51.3 Å². The average molecular weight is 1160 g/mol. The summed E-state index contributed by atoms with van der Waals surface area (Å²) in [5, 5.41) is 65.1. The number of aliphatic hydroxyl groups excluding tert-OH is 3. The van der Waals surface area contributed by atoms with E-state index in [1.807, 2.05) is 53.7 Å². The van der Waals surface area contributed by atoms with Crippen LogP contribution in [0.3, 0.4) is 0 Å². The molecule has 3 aliphatic heterocycles. The molecule has 0 saturated carbocycles. The topological polar surface area (TPSA) is 362 Å². The molecule has 6 aromatic rings. The Balaban J connectivity index is 0.000000181. The van der Waals surface area contributed by atoms with Gasteiger partial charge >= 0.3 is 0 Å². The van der Waals surface area contributed by atoms with E-state index in [0.29, 0.717) is 89.1 Å². The molecule has 3 aliphatic rings. The van der Waals surface area contributed by atoms with E-state index in [1.54, 1.807) is 55.4 Å². The molecule has 9 rings (SSSR count). The van der Waals surface area contributed by atoms with Crippen molar-refractivity contribution in [3.63, 3.8) is 0 Å². The molecule has 9 atom stereocenters. The normalized spacial score (nSPS) is 20.6. The number of benzene rings is 3. The Labute approximate surface area is 485 Å². The third-order valence-corrected chi connectivity index (χ3v) is 13.5. The molecule has 0 spiro atoms. The van der Waals surface area contributed by atoms with E-state index in [2.05, 4.69) is 64.1 Å². The fourth-order valence-electron chi connectivity index (χ4n) is 9.79. The Morgan fingerprint density at radius 1 is 0.476 bits per heavy atom. The predicted molar refractivity (Wildman–Crippen MR) is 305 cm³/mol. The Bertz CT molecular complexity index is 3000. The second-order valence-corrected chi connectivity index (χ2v) is 20.1. The number of nitrogens with zero attached hydrogens (tertiary/aromatic N) is 12. The summed E-state index contributed by atoms with van der Waals surface area (Å²) < 4.78 is 32.0. The van der Waals surface area contributed by atoms with Gasteiger partial charge in [-0.05, 0) is 57.2 Å². The Kier molecular flexibility index (Phi) is 23.1. The SMILES string of the molecule is COCC(O)CNC(=O)[C@H]1CN(c2ccc(C#N)c3nccnc23)C[C@@H](C)O1.COCC(O)CNC(=O)[C@H]1CN(c2ccc(C#N)c3nccnc23)C[C@@H](C)O1.COCC(O)CNC(=O)[C@H]1CN(c2ccc(C#N)c3nccnc23)C[C@@H](C)O1. The standard InChI is InChI=1S/3C19H23N5O4/c3*1-12-9-24(10-16(28-12)19(26)23-8-14(25)11-27-2)15-4-3-13(7-20)17-18(15)22-6-5-21-17/h3*3-6,12,14,16,25H,8-11H2,1-2H3,(H,23,26)/t3*12-,14?,16-/m111/s1. The number of ether oxygens (including phenoxy) is 6. The Morgan fingerprint density at radius 3 is 0.964 bits per heavy atom. The number of amides is 3. The van der Waals surface area contributed by atoms with Gasteiger partial charge in [0.25, 0.3) is 17.7 Å². The zero-order valence-corrected chi connectivity index (χ0v) is 47.5. The molecule has 3 unspecified atom stereocenters. The maximum Gasteiger partial charge on any atom is 0.251 e. The lowest BCUT2D eigenvalue weighted by atomic mass is 10.1. The van der Waals surface area contributed by atoms with E-state index in [0.717, 1.165) is 17.1 Å². The molecule has 0 radical (unpaired) electrons. The number of hydrogen-bond donors (Lipinski definition) is 6. The quantitative estimate of drug-likeness (QED) is 0.0688. The van der Waals surface area contributed by atoms with Crippen molar-refractivity contribution in [2.45, 2.75) is 75.7 Å². The molecule has 27 heteroatoms. The van der Waals surface area contributed by atoms with E-state index in [4.69, 9.17) is 28.4 Å². The van der Waals surface area contributed by atoms with Crippen LogP contribution in [0.5, 0.6) is 0 Å². The molecule has 27 nitrogen and oxygen atoms in total. The second-order valence-electron chi connectivity index (χ2n) is 20.1. The summed E-state index contributed by atoms with van der Waals surface area (Å²) >= 11 is 0. The summed E-state index contributed by atoms with van der Waals surface area (Å²) in [4.78, 5) is 69.6. The number of nitriles is 3. The van der Waals surface area contributed by atoms with Gasteiger partial charge in [0.15, 0.2) is 18.3 Å². The van der Waals surface area contributed by atoms with Crippen LogP contribution in [-0.4, -0.2) is 218 Å². The molecule has 3 aromatic heterocycles. The minimum absolute atomic E-state index is 0.0895. The van der Waals surface area contributed by atoms with Crippen LogP contribution in [0.1, 0.15) is 37.5 Å². The van der Waals surface area contributed by atoms with Gasteiger partial charge in [-0.1, -0.05) is 0 Å². The van der Waals surface area contributed by atoms with Gasteiger partial charge in [0.05, 0.1) is 110 Å². The number of carbonyl (C=O) groups is 3. The molecule has 0 bridgehead atoms. The third kappa shape index (κ3) is 16.4. The number of hydrogen-bond acceptors (Lipinski definition) is 24. The largest absolute Gasteiger partial charge is 0.389 e.